The second-order valence-electron chi connectivity index (χ2n) is 4.12. The molecule has 2 N–H and O–H groups in total. The zero-order valence-electron chi connectivity index (χ0n) is 9.01. The molecule has 1 rings (SSSR count). The lowest BCUT2D eigenvalue weighted by atomic mass is 10.2. The standard InChI is InChI=1S/C10H20N2S2/c1-8(2)6-11-10(13)12-7-9-4-3-5-14-9/h8-9H,3-7H2,1-2H3,(H2,11,12,13). The van der Waals surface area contributed by atoms with Gasteiger partial charge in [0.2, 0.25) is 0 Å². The van der Waals surface area contributed by atoms with Gasteiger partial charge >= 0.3 is 0 Å². The summed E-state index contributed by atoms with van der Waals surface area (Å²) in [5, 5.41) is 8.08. The predicted molar refractivity (Wildman–Crippen MR) is 68.9 cm³/mol. The first-order valence-corrected chi connectivity index (χ1v) is 6.77. The molecule has 0 radical (unpaired) electrons. The zero-order chi connectivity index (χ0) is 10.4. The van der Waals surface area contributed by atoms with Gasteiger partial charge in [-0.25, -0.2) is 0 Å². The Balaban J connectivity index is 2.02. The summed E-state index contributed by atoms with van der Waals surface area (Å²) in [6.45, 7) is 6.35. The summed E-state index contributed by atoms with van der Waals surface area (Å²) in [6, 6.07) is 0. The Morgan fingerprint density at radius 1 is 1.50 bits per heavy atom. The van der Waals surface area contributed by atoms with Crippen LogP contribution in [0.15, 0.2) is 0 Å². The third kappa shape index (κ3) is 5.05. The van der Waals surface area contributed by atoms with Gasteiger partial charge in [-0.2, -0.15) is 11.8 Å². The molecule has 1 fully saturated rings. The van der Waals surface area contributed by atoms with Crippen molar-refractivity contribution in [2.24, 2.45) is 5.92 Å². The summed E-state index contributed by atoms with van der Waals surface area (Å²) in [7, 11) is 0. The van der Waals surface area contributed by atoms with Crippen LogP contribution >= 0.6 is 24.0 Å². The molecular formula is C10H20N2S2. The maximum absolute atomic E-state index is 5.18. The molecule has 0 aliphatic carbocycles. The number of thiocarbonyl (C=S) groups is 1. The molecule has 0 aromatic heterocycles. The Hall–Kier alpha value is 0.0400. The molecule has 0 saturated carbocycles. The maximum atomic E-state index is 5.18. The summed E-state index contributed by atoms with van der Waals surface area (Å²) >= 11 is 7.23. The molecule has 0 amide bonds. The van der Waals surface area contributed by atoms with Crippen molar-refractivity contribution in [3.63, 3.8) is 0 Å². The summed E-state index contributed by atoms with van der Waals surface area (Å²) in [6.07, 6.45) is 2.70. The zero-order valence-corrected chi connectivity index (χ0v) is 10.6. The predicted octanol–water partition coefficient (Wildman–Crippen LogP) is 2.00. The Labute approximate surface area is 96.6 Å². The van der Waals surface area contributed by atoms with Crippen molar-refractivity contribution >= 4 is 29.1 Å². The lowest BCUT2D eigenvalue weighted by molar-refractivity contribution is 0.617. The van der Waals surface area contributed by atoms with Gasteiger partial charge in [0.1, 0.15) is 0 Å². The molecule has 82 valence electrons. The Morgan fingerprint density at radius 3 is 2.86 bits per heavy atom. The van der Waals surface area contributed by atoms with Gasteiger partial charge in [0.15, 0.2) is 5.11 Å². The summed E-state index contributed by atoms with van der Waals surface area (Å²) in [5.74, 6) is 1.97. The maximum Gasteiger partial charge on any atom is 0.166 e. The fourth-order valence-corrected chi connectivity index (χ4v) is 2.74. The van der Waals surface area contributed by atoms with Crippen molar-refractivity contribution < 1.29 is 0 Å². The van der Waals surface area contributed by atoms with Crippen LogP contribution in [0, 0.1) is 5.92 Å². The largest absolute Gasteiger partial charge is 0.362 e. The molecule has 0 bridgehead atoms. The van der Waals surface area contributed by atoms with E-state index in [2.05, 4.69) is 36.2 Å². The Bertz CT molecular complexity index is 177. The van der Waals surface area contributed by atoms with E-state index >= 15 is 0 Å². The monoisotopic (exact) mass is 232 g/mol. The van der Waals surface area contributed by atoms with Gasteiger partial charge in [-0.05, 0) is 36.7 Å². The molecule has 2 nitrogen and oxygen atoms in total. The van der Waals surface area contributed by atoms with Crippen molar-refractivity contribution in [3.05, 3.63) is 0 Å². The highest BCUT2D eigenvalue weighted by atomic mass is 32.2. The fraction of sp³-hybridized carbons (Fsp3) is 0.900. The van der Waals surface area contributed by atoms with Crippen LogP contribution in [0.3, 0.4) is 0 Å². The number of hydrogen-bond donors (Lipinski definition) is 2. The molecule has 0 aromatic carbocycles. The topological polar surface area (TPSA) is 24.1 Å². The molecule has 1 aliphatic rings. The average molecular weight is 232 g/mol. The highest BCUT2D eigenvalue weighted by molar-refractivity contribution is 8.00. The van der Waals surface area contributed by atoms with Gasteiger partial charge in [0, 0.05) is 18.3 Å². The van der Waals surface area contributed by atoms with Crippen LogP contribution in [-0.2, 0) is 0 Å². The summed E-state index contributed by atoms with van der Waals surface area (Å²) in [4.78, 5) is 0. The number of thioether (sulfide) groups is 1. The van der Waals surface area contributed by atoms with Crippen molar-refractivity contribution in [2.45, 2.75) is 31.9 Å². The Kier molecular flexibility index (Phi) is 5.63. The number of rotatable bonds is 4. The minimum absolute atomic E-state index is 0.649. The van der Waals surface area contributed by atoms with Crippen molar-refractivity contribution in [1.82, 2.24) is 10.6 Å². The summed E-state index contributed by atoms with van der Waals surface area (Å²) < 4.78 is 0. The van der Waals surface area contributed by atoms with Gasteiger partial charge in [-0.1, -0.05) is 13.8 Å². The number of nitrogens with one attached hydrogen (secondary N) is 2. The van der Waals surface area contributed by atoms with Crippen LogP contribution in [0.25, 0.3) is 0 Å². The normalized spacial score (nSPS) is 21.2. The second kappa shape index (κ2) is 6.51. The molecule has 14 heavy (non-hydrogen) atoms. The van der Waals surface area contributed by atoms with Crippen LogP contribution in [0.2, 0.25) is 0 Å². The van der Waals surface area contributed by atoms with Crippen molar-refractivity contribution in [1.29, 1.82) is 0 Å². The van der Waals surface area contributed by atoms with Gasteiger partial charge < -0.3 is 10.6 Å². The van der Waals surface area contributed by atoms with Crippen LogP contribution in [0.4, 0.5) is 0 Å². The quantitative estimate of drug-likeness (QED) is 0.724. The molecule has 1 aliphatic heterocycles. The molecule has 1 heterocycles. The van der Waals surface area contributed by atoms with Gasteiger partial charge in [0.25, 0.3) is 0 Å². The van der Waals surface area contributed by atoms with E-state index in [1.165, 1.54) is 18.6 Å². The molecule has 1 saturated heterocycles. The first-order valence-electron chi connectivity index (χ1n) is 5.32. The second-order valence-corrected chi connectivity index (χ2v) is 5.94. The van der Waals surface area contributed by atoms with E-state index in [9.17, 15) is 0 Å². The van der Waals surface area contributed by atoms with E-state index in [4.69, 9.17) is 12.2 Å². The van der Waals surface area contributed by atoms with E-state index in [1.54, 1.807) is 0 Å². The van der Waals surface area contributed by atoms with Crippen molar-refractivity contribution in [2.75, 3.05) is 18.8 Å². The highest BCUT2D eigenvalue weighted by Crippen LogP contribution is 2.25. The first kappa shape index (κ1) is 12.1. The average Bonchev–Trinajstić information content (AvgIpc) is 2.63. The molecule has 1 atom stereocenters. The van der Waals surface area contributed by atoms with Gasteiger partial charge in [-0.3, -0.25) is 0 Å². The van der Waals surface area contributed by atoms with Crippen LogP contribution in [0.1, 0.15) is 26.7 Å². The number of hydrogen-bond acceptors (Lipinski definition) is 2. The van der Waals surface area contributed by atoms with Crippen LogP contribution < -0.4 is 10.6 Å². The van der Waals surface area contributed by atoms with Gasteiger partial charge in [-0.15, -0.1) is 0 Å². The van der Waals surface area contributed by atoms with Crippen LogP contribution in [-0.4, -0.2) is 29.2 Å². The van der Waals surface area contributed by atoms with E-state index in [-0.39, 0.29) is 0 Å². The highest BCUT2D eigenvalue weighted by Gasteiger charge is 2.15. The molecule has 4 heteroatoms. The Morgan fingerprint density at radius 2 is 2.29 bits per heavy atom. The molecule has 0 aromatic rings. The van der Waals surface area contributed by atoms with Crippen LogP contribution in [0.5, 0.6) is 0 Å². The molecule has 0 spiro atoms. The fourth-order valence-electron chi connectivity index (χ4n) is 1.37. The van der Waals surface area contributed by atoms with Gasteiger partial charge in [0.05, 0.1) is 0 Å². The van der Waals surface area contributed by atoms with E-state index in [0.29, 0.717) is 5.92 Å². The minimum Gasteiger partial charge on any atom is -0.362 e. The van der Waals surface area contributed by atoms with E-state index in [1.807, 2.05) is 0 Å². The van der Waals surface area contributed by atoms with E-state index < -0.39 is 0 Å². The lowest BCUT2D eigenvalue weighted by Gasteiger charge is -2.14. The van der Waals surface area contributed by atoms with Crippen molar-refractivity contribution in [3.8, 4) is 0 Å². The third-order valence-corrected chi connectivity index (χ3v) is 3.87. The SMILES string of the molecule is CC(C)CNC(=S)NCC1CCCS1. The van der Waals surface area contributed by atoms with E-state index in [0.717, 1.165) is 23.5 Å². The smallest absolute Gasteiger partial charge is 0.166 e. The lowest BCUT2D eigenvalue weighted by Crippen LogP contribution is -2.39. The minimum atomic E-state index is 0.649. The molecule has 1 unspecified atom stereocenters. The molecular weight excluding hydrogens is 212 g/mol. The first-order chi connectivity index (χ1) is 6.68. The summed E-state index contributed by atoms with van der Waals surface area (Å²) in [5.41, 5.74) is 0. The third-order valence-electron chi connectivity index (χ3n) is 2.19.